The van der Waals surface area contributed by atoms with E-state index in [4.69, 9.17) is 11.6 Å². The van der Waals surface area contributed by atoms with E-state index in [2.05, 4.69) is 31.3 Å². The number of carbonyl (C=O) groups excluding carboxylic acids is 1. The highest BCUT2D eigenvalue weighted by Crippen LogP contribution is 2.30. The minimum absolute atomic E-state index is 0.0156. The van der Waals surface area contributed by atoms with Crippen LogP contribution >= 0.6 is 23.4 Å². The molecular weight excluding hydrogens is 496 g/mol. The van der Waals surface area contributed by atoms with Crippen molar-refractivity contribution in [2.75, 3.05) is 10.0 Å². The maximum atomic E-state index is 12.7. The molecule has 176 valence electrons. The zero-order valence-corrected chi connectivity index (χ0v) is 21.1. The number of hydrogen-bond acceptors (Lipinski definition) is 8. The van der Waals surface area contributed by atoms with Crippen LogP contribution in [0.25, 0.3) is 0 Å². The number of nitriles is 1. The van der Waals surface area contributed by atoms with Crippen molar-refractivity contribution in [3.63, 3.8) is 0 Å². The first kappa shape index (κ1) is 25.4. The topological polar surface area (TPSA) is 138 Å². The third-order valence-electron chi connectivity index (χ3n) is 5.04. The monoisotopic (exact) mass is 516 g/mol. The summed E-state index contributed by atoms with van der Waals surface area (Å²) >= 11 is 6.85. The Hall–Kier alpha value is -3.20. The lowest BCUT2D eigenvalue weighted by atomic mass is 10.1. The highest BCUT2D eigenvalue weighted by atomic mass is 35.5. The number of nitrogens with zero attached hydrogens (tertiary/aromatic N) is 4. The summed E-state index contributed by atoms with van der Waals surface area (Å²) in [6, 6.07) is 10.7. The molecule has 0 aliphatic carbocycles. The van der Waals surface area contributed by atoms with Gasteiger partial charge in [-0.15, -0.1) is 10.2 Å². The lowest BCUT2D eigenvalue weighted by molar-refractivity contribution is -0.115. The Kier molecular flexibility index (Phi) is 7.76. The van der Waals surface area contributed by atoms with Gasteiger partial charge in [-0.3, -0.25) is 9.52 Å². The molecule has 2 aromatic heterocycles. The van der Waals surface area contributed by atoms with Crippen LogP contribution in [-0.2, 0) is 14.8 Å². The van der Waals surface area contributed by atoms with Gasteiger partial charge in [-0.2, -0.15) is 5.26 Å². The van der Waals surface area contributed by atoms with E-state index >= 15 is 0 Å². The number of nitrogens with one attached hydrogen (secondary N) is 2. The van der Waals surface area contributed by atoms with E-state index in [9.17, 15) is 18.5 Å². The molecule has 0 aliphatic rings. The maximum absolute atomic E-state index is 12.7. The molecule has 0 saturated carbocycles. The van der Waals surface area contributed by atoms with Crippen LogP contribution in [0.5, 0.6) is 0 Å². The fraction of sp³-hybridized carbons (Fsp3) is 0.227. The number of carbonyl (C=O) groups is 1. The number of aromatic nitrogens is 3. The average molecular weight is 517 g/mol. The summed E-state index contributed by atoms with van der Waals surface area (Å²) in [4.78, 5) is 17.2. The molecule has 0 bridgehead atoms. The number of anilines is 2. The van der Waals surface area contributed by atoms with Crippen LogP contribution in [0.15, 0.2) is 46.3 Å². The van der Waals surface area contributed by atoms with Gasteiger partial charge in [-0.1, -0.05) is 23.4 Å². The van der Waals surface area contributed by atoms with Gasteiger partial charge in [0.15, 0.2) is 11.0 Å². The molecule has 2 N–H and O–H groups in total. The van der Waals surface area contributed by atoms with Crippen molar-refractivity contribution in [1.29, 1.82) is 5.26 Å². The smallest absolute Gasteiger partial charge is 0.263 e. The minimum atomic E-state index is -3.90. The number of amides is 1. The molecule has 0 radical (unpaired) electrons. The van der Waals surface area contributed by atoms with E-state index in [1.165, 1.54) is 48.2 Å². The molecule has 1 aromatic carbocycles. The van der Waals surface area contributed by atoms with Gasteiger partial charge >= 0.3 is 0 Å². The average Bonchev–Trinajstić information content (AvgIpc) is 2.79. The number of pyridine rings is 1. The fourth-order valence-electron chi connectivity index (χ4n) is 2.88. The van der Waals surface area contributed by atoms with Gasteiger partial charge in [0.25, 0.3) is 10.0 Å². The van der Waals surface area contributed by atoms with E-state index < -0.39 is 15.3 Å². The van der Waals surface area contributed by atoms with Gasteiger partial charge < -0.3 is 5.32 Å². The quantitative estimate of drug-likeness (QED) is 0.444. The van der Waals surface area contributed by atoms with E-state index in [1.807, 2.05) is 20.8 Å². The second kappa shape index (κ2) is 10.4. The van der Waals surface area contributed by atoms with E-state index in [0.717, 1.165) is 16.8 Å². The van der Waals surface area contributed by atoms with E-state index in [0.29, 0.717) is 16.3 Å². The van der Waals surface area contributed by atoms with Crippen molar-refractivity contribution in [3.05, 3.63) is 63.9 Å². The molecule has 1 unspecified atom stereocenters. The molecule has 1 amide bonds. The highest BCUT2D eigenvalue weighted by molar-refractivity contribution is 8.00. The minimum Gasteiger partial charge on any atom is -0.325 e. The standard InChI is InChI=1S/C22H21ClN6O3S2/c1-12-13(2)18(11-24)22(25-14(12)3)33-15(4)21(30)26-16-5-7-17(8-6-16)34(31,32)29-20-10-9-19(23)27-28-20/h5-10,15H,1-4H3,(H,26,30)(H,28,29). The summed E-state index contributed by atoms with van der Waals surface area (Å²) in [5.74, 6) is -0.281. The fourth-order valence-corrected chi connectivity index (χ4v) is 4.98. The number of aryl methyl sites for hydroxylation is 1. The normalized spacial score (nSPS) is 12.0. The van der Waals surface area contributed by atoms with Gasteiger partial charge in [-0.05, 0) is 75.2 Å². The number of halogens is 1. The molecule has 0 spiro atoms. The highest BCUT2D eigenvalue weighted by Gasteiger charge is 2.21. The summed E-state index contributed by atoms with van der Waals surface area (Å²) < 4.78 is 27.4. The largest absolute Gasteiger partial charge is 0.325 e. The van der Waals surface area contributed by atoms with Gasteiger partial charge in [-0.25, -0.2) is 13.4 Å². The first-order valence-corrected chi connectivity index (χ1v) is 12.7. The Bertz CT molecular complexity index is 1370. The molecule has 9 nitrogen and oxygen atoms in total. The van der Waals surface area contributed by atoms with Gasteiger partial charge in [0.2, 0.25) is 5.91 Å². The number of hydrogen-bond donors (Lipinski definition) is 2. The van der Waals surface area contributed by atoms with Crippen LogP contribution < -0.4 is 10.0 Å². The summed E-state index contributed by atoms with van der Waals surface area (Å²) in [5.41, 5.74) is 3.49. The molecule has 1 atom stereocenters. The Morgan fingerprint density at radius 1 is 1.09 bits per heavy atom. The number of thioether (sulfide) groups is 1. The molecule has 12 heteroatoms. The Morgan fingerprint density at radius 2 is 1.76 bits per heavy atom. The molecule has 34 heavy (non-hydrogen) atoms. The van der Waals surface area contributed by atoms with Crippen molar-refractivity contribution < 1.29 is 13.2 Å². The second-order valence-electron chi connectivity index (χ2n) is 7.36. The van der Waals surface area contributed by atoms with Crippen LogP contribution in [0.1, 0.15) is 29.3 Å². The van der Waals surface area contributed by atoms with Crippen LogP contribution in [0.2, 0.25) is 5.15 Å². The van der Waals surface area contributed by atoms with Crippen molar-refractivity contribution in [2.45, 2.75) is 42.9 Å². The second-order valence-corrected chi connectivity index (χ2v) is 10.8. The summed E-state index contributed by atoms with van der Waals surface area (Å²) in [6.07, 6.45) is 0. The first-order chi connectivity index (χ1) is 16.0. The summed E-state index contributed by atoms with van der Waals surface area (Å²) in [6.45, 7) is 7.35. The molecule has 2 heterocycles. The lowest BCUT2D eigenvalue weighted by Gasteiger charge is -2.15. The molecule has 0 fully saturated rings. The number of sulfonamides is 1. The number of benzene rings is 1. The van der Waals surface area contributed by atoms with Crippen LogP contribution in [-0.4, -0.2) is 34.8 Å². The van der Waals surface area contributed by atoms with Crippen LogP contribution in [0.4, 0.5) is 11.5 Å². The zero-order chi connectivity index (χ0) is 25.0. The van der Waals surface area contributed by atoms with E-state index in [1.54, 1.807) is 6.92 Å². The summed E-state index contributed by atoms with van der Waals surface area (Å²) in [5, 5.41) is 19.6. The van der Waals surface area contributed by atoms with Crippen LogP contribution in [0, 0.1) is 32.1 Å². The van der Waals surface area contributed by atoms with Gasteiger partial charge in [0, 0.05) is 11.4 Å². The molecule has 3 aromatic rings. The first-order valence-electron chi connectivity index (χ1n) is 9.99. The van der Waals surface area contributed by atoms with Crippen molar-refractivity contribution >= 4 is 50.8 Å². The molecular formula is C22H21ClN6O3S2. The Balaban J connectivity index is 1.69. The maximum Gasteiger partial charge on any atom is 0.263 e. The lowest BCUT2D eigenvalue weighted by Crippen LogP contribution is -2.23. The Morgan fingerprint density at radius 3 is 2.35 bits per heavy atom. The summed E-state index contributed by atoms with van der Waals surface area (Å²) in [7, 11) is -3.90. The Labute approximate surface area is 207 Å². The molecule has 3 rings (SSSR count). The predicted octanol–water partition coefficient (Wildman–Crippen LogP) is 4.24. The van der Waals surface area contributed by atoms with Crippen molar-refractivity contribution in [1.82, 2.24) is 15.2 Å². The van der Waals surface area contributed by atoms with Gasteiger partial charge in [0.1, 0.15) is 11.1 Å². The third-order valence-corrected chi connectivity index (χ3v) is 7.69. The third kappa shape index (κ3) is 5.83. The molecule has 0 saturated heterocycles. The van der Waals surface area contributed by atoms with Gasteiger partial charge in [0.05, 0.1) is 15.7 Å². The van der Waals surface area contributed by atoms with Crippen molar-refractivity contribution in [3.8, 4) is 6.07 Å². The predicted molar refractivity (Wildman–Crippen MR) is 131 cm³/mol. The van der Waals surface area contributed by atoms with E-state index in [-0.39, 0.29) is 21.8 Å². The SMILES string of the molecule is Cc1nc(SC(C)C(=O)Nc2ccc(S(=O)(=O)Nc3ccc(Cl)nn3)cc2)c(C#N)c(C)c1C. The van der Waals surface area contributed by atoms with Crippen LogP contribution in [0.3, 0.4) is 0 Å². The number of rotatable bonds is 7. The zero-order valence-electron chi connectivity index (χ0n) is 18.7. The van der Waals surface area contributed by atoms with Crippen molar-refractivity contribution in [2.24, 2.45) is 0 Å². The molecule has 0 aliphatic heterocycles.